The van der Waals surface area contributed by atoms with Crippen LogP contribution in [0, 0.1) is 6.92 Å². The molecule has 0 amide bonds. The van der Waals surface area contributed by atoms with Crippen molar-refractivity contribution in [1.82, 2.24) is 10.2 Å². The molecule has 0 unspecified atom stereocenters. The molecule has 0 saturated carbocycles. The zero-order valence-electron chi connectivity index (χ0n) is 8.01. The van der Waals surface area contributed by atoms with E-state index >= 15 is 0 Å². The van der Waals surface area contributed by atoms with Crippen LogP contribution in [-0.2, 0) is 10.0 Å². The lowest BCUT2D eigenvalue weighted by Gasteiger charge is -2.03. The predicted molar refractivity (Wildman–Crippen MR) is 55.6 cm³/mol. The molecule has 2 N–H and O–H groups in total. The van der Waals surface area contributed by atoms with Crippen molar-refractivity contribution in [2.45, 2.75) is 11.9 Å². The second-order valence-corrected chi connectivity index (χ2v) is 4.66. The first-order chi connectivity index (χ1) is 7.00. The molecular weight excluding hydrogens is 214 g/mol. The van der Waals surface area contributed by atoms with E-state index in [1.165, 1.54) is 0 Å². The minimum Gasteiger partial charge on any atom is -0.223 e. The van der Waals surface area contributed by atoms with Crippen LogP contribution in [0.4, 0.5) is 0 Å². The van der Waals surface area contributed by atoms with Gasteiger partial charge in [-0.3, -0.25) is 0 Å². The van der Waals surface area contributed by atoms with E-state index in [1.54, 1.807) is 25.1 Å². The summed E-state index contributed by atoms with van der Waals surface area (Å²) < 4.78 is 22.5. The van der Waals surface area contributed by atoms with Crippen molar-refractivity contribution in [3.8, 4) is 0 Å². The molecule has 0 radical (unpaired) electrons. The number of sulfonamides is 1. The highest BCUT2D eigenvalue weighted by Gasteiger charge is 2.15. The molecule has 15 heavy (non-hydrogen) atoms. The summed E-state index contributed by atoms with van der Waals surface area (Å²) in [6.45, 7) is 1.77. The fraction of sp³-hybridized carbons (Fsp3) is 0.111. The molecule has 0 aliphatic carbocycles. The average molecular weight is 223 g/mol. The van der Waals surface area contributed by atoms with Gasteiger partial charge in [0.05, 0.1) is 5.69 Å². The summed E-state index contributed by atoms with van der Waals surface area (Å²) in [6, 6.07) is 6.99. The number of primary sulfonamides is 1. The number of rotatable bonds is 1. The SMILES string of the molecule is Cc1nnc(S(N)(=O)=O)c2ccccc12. The van der Waals surface area contributed by atoms with E-state index in [2.05, 4.69) is 10.2 Å². The van der Waals surface area contributed by atoms with Crippen LogP contribution in [0.15, 0.2) is 29.3 Å². The fourth-order valence-corrected chi connectivity index (χ4v) is 2.06. The lowest BCUT2D eigenvalue weighted by Crippen LogP contribution is -2.15. The summed E-state index contributed by atoms with van der Waals surface area (Å²) in [7, 11) is -3.82. The second-order valence-electron chi connectivity index (χ2n) is 3.18. The van der Waals surface area contributed by atoms with E-state index in [1.807, 2.05) is 6.07 Å². The van der Waals surface area contributed by atoms with Gasteiger partial charge in [-0.05, 0) is 6.92 Å². The molecule has 1 aromatic carbocycles. The normalized spacial score (nSPS) is 11.9. The fourth-order valence-electron chi connectivity index (χ4n) is 1.42. The summed E-state index contributed by atoms with van der Waals surface area (Å²) in [4.78, 5) is 0. The van der Waals surface area contributed by atoms with Crippen LogP contribution in [-0.4, -0.2) is 18.6 Å². The summed E-state index contributed by atoms with van der Waals surface area (Å²) in [5, 5.41) is 13.5. The van der Waals surface area contributed by atoms with Gasteiger partial charge in [-0.15, -0.1) is 5.10 Å². The molecule has 0 aliphatic heterocycles. The van der Waals surface area contributed by atoms with Crippen LogP contribution < -0.4 is 5.14 Å². The molecule has 0 atom stereocenters. The Morgan fingerprint density at radius 1 is 1.13 bits per heavy atom. The maximum absolute atomic E-state index is 11.2. The minimum absolute atomic E-state index is 0.177. The maximum Gasteiger partial charge on any atom is 0.258 e. The van der Waals surface area contributed by atoms with Gasteiger partial charge in [0.25, 0.3) is 10.0 Å². The Morgan fingerprint density at radius 2 is 1.73 bits per heavy atom. The number of fused-ring (bicyclic) bond motifs is 1. The molecule has 0 aliphatic rings. The van der Waals surface area contributed by atoms with Crippen LogP contribution >= 0.6 is 0 Å². The van der Waals surface area contributed by atoms with Crippen LogP contribution in [0.25, 0.3) is 10.8 Å². The molecule has 2 rings (SSSR count). The Hall–Kier alpha value is -1.53. The van der Waals surface area contributed by atoms with Gasteiger partial charge in [0, 0.05) is 10.8 Å². The third-order valence-corrected chi connectivity index (χ3v) is 2.95. The molecule has 1 heterocycles. The van der Waals surface area contributed by atoms with Gasteiger partial charge in [0.1, 0.15) is 0 Å². The van der Waals surface area contributed by atoms with E-state index in [-0.39, 0.29) is 5.03 Å². The lowest BCUT2D eigenvalue weighted by molar-refractivity contribution is 0.593. The van der Waals surface area contributed by atoms with Crippen molar-refractivity contribution in [2.75, 3.05) is 0 Å². The Balaban J connectivity index is 2.96. The molecule has 0 bridgehead atoms. The van der Waals surface area contributed by atoms with E-state index in [0.717, 1.165) is 5.39 Å². The van der Waals surface area contributed by atoms with Gasteiger partial charge < -0.3 is 0 Å². The van der Waals surface area contributed by atoms with Gasteiger partial charge in [0.15, 0.2) is 5.03 Å². The summed E-state index contributed by atoms with van der Waals surface area (Å²) in [5.41, 5.74) is 0.679. The Morgan fingerprint density at radius 3 is 2.33 bits per heavy atom. The Labute approximate surface area is 87.0 Å². The molecule has 0 spiro atoms. The smallest absolute Gasteiger partial charge is 0.223 e. The number of nitrogens with two attached hydrogens (primary N) is 1. The lowest BCUT2D eigenvalue weighted by atomic mass is 10.1. The number of aryl methyl sites for hydroxylation is 1. The third kappa shape index (κ3) is 1.69. The van der Waals surface area contributed by atoms with Gasteiger partial charge in [-0.1, -0.05) is 24.3 Å². The van der Waals surface area contributed by atoms with E-state index in [0.29, 0.717) is 11.1 Å². The van der Waals surface area contributed by atoms with E-state index < -0.39 is 10.0 Å². The van der Waals surface area contributed by atoms with Crippen LogP contribution in [0.3, 0.4) is 0 Å². The monoisotopic (exact) mass is 223 g/mol. The highest BCUT2D eigenvalue weighted by Crippen LogP contribution is 2.20. The summed E-state index contributed by atoms with van der Waals surface area (Å²) >= 11 is 0. The van der Waals surface area contributed by atoms with Gasteiger partial charge >= 0.3 is 0 Å². The van der Waals surface area contributed by atoms with Crippen molar-refractivity contribution in [3.05, 3.63) is 30.0 Å². The molecule has 78 valence electrons. The summed E-state index contributed by atoms with van der Waals surface area (Å²) in [6.07, 6.45) is 0. The Bertz CT molecular complexity index is 622. The van der Waals surface area contributed by atoms with E-state index in [4.69, 9.17) is 5.14 Å². The molecule has 0 saturated heterocycles. The van der Waals surface area contributed by atoms with Crippen molar-refractivity contribution >= 4 is 20.8 Å². The molecular formula is C9H9N3O2S. The zero-order chi connectivity index (χ0) is 11.1. The number of hydrogen-bond donors (Lipinski definition) is 1. The first-order valence-electron chi connectivity index (χ1n) is 4.25. The zero-order valence-corrected chi connectivity index (χ0v) is 8.82. The number of hydrogen-bond acceptors (Lipinski definition) is 4. The quantitative estimate of drug-likeness (QED) is 0.766. The first-order valence-corrected chi connectivity index (χ1v) is 5.79. The van der Waals surface area contributed by atoms with Crippen LogP contribution in [0.2, 0.25) is 0 Å². The number of nitrogens with zero attached hydrogens (tertiary/aromatic N) is 2. The largest absolute Gasteiger partial charge is 0.258 e. The van der Waals surface area contributed by atoms with Gasteiger partial charge in [-0.25, -0.2) is 13.6 Å². The van der Waals surface area contributed by atoms with Crippen molar-refractivity contribution in [1.29, 1.82) is 0 Å². The molecule has 6 heteroatoms. The van der Waals surface area contributed by atoms with Gasteiger partial charge in [-0.2, -0.15) is 5.10 Å². The van der Waals surface area contributed by atoms with Crippen LogP contribution in [0.5, 0.6) is 0 Å². The minimum atomic E-state index is -3.82. The van der Waals surface area contributed by atoms with Crippen molar-refractivity contribution in [2.24, 2.45) is 5.14 Å². The van der Waals surface area contributed by atoms with Crippen LogP contribution in [0.1, 0.15) is 5.69 Å². The highest BCUT2D eigenvalue weighted by atomic mass is 32.2. The third-order valence-electron chi connectivity index (χ3n) is 2.11. The predicted octanol–water partition coefficient (Wildman–Crippen LogP) is 0.586. The molecule has 0 fully saturated rings. The van der Waals surface area contributed by atoms with Crippen molar-refractivity contribution in [3.63, 3.8) is 0 Å². The van der Waals surface area contributed by atoms with Gasteiger partial charge in [0.2, 0.25) is 0 Å². The maximum atomic E-state index is 11.2. The summed E-state index contributed by atoms with van der Waals surface area (Å²) in [5.74, 6) is 0. The Kier molecular flexibility index (Phi) is 2.17. The van der Waals surface area contributed by atoms with Crippen molar-refractivity contribution < 1.29 is 8.42 Å². The molecule has 1 aromatic heterocycles. The highest BCUT2D eigenvalue weighted by molar-refractivity contribution is 7.89. The number of benzene rings is 1. The molecule has 2 aromatic rings. The number of aromatic nitrogens is 2. The second kappa shape index (κ2) is 3.25. The standard InChI is InChI=1S/C9H9N3O2S/c1-6-7-4-2-3-5-8(7)9(12-11-6)15(10,13)14/h2-5H,1H3,(H2,10,13,14). The van der Waals surface area contributed by atoms with E-state index in [9.17, 15) is 8.42 Å². The first kappa shape index (κ1) is 10.0. The average Bonchev–Trinajstić information content (AvgIpc) is 2.17. The molecule has 5 nitrogen and oxygen atoms in total. The topological polar surface area (TPSA) is 85.9 Å².